The number of fused-ring (bicyclic) bond motifs is 2. The van der Waals surface area contributed by atoms with Gasteiger partial charge in [-0.05, 0) is 59.9 Å². The Morgan fingerprint density at radius 3 is 2.57 bits per heavy atom. The molecule has 1 saturated heterocycles. The molecule has 220 valence electrons. The predicted octanol–water partition coefficient (Wildman–Crippen LogP) is 4.24. The van der Waals surface area contributed by atoms with Crippen molar-refractivity contribution in [3.8, 4) is 5.75 Å². The topological polar surface area (TPSA) is 123 Å². The molecule has 0 aliphatic carbocycles. The number of hydrogen-bond acceptors (Lipinski definition) is 7. The summed E-state index contributed by atoms with van der Waals surface area (Å²) in [7, 11) is -3.94. The predicted molar refractivity (Wildman–Crippen MR) is 146 cm³/mol. The van der Waals surface area contributed by atoms with Gasteiger partial charge in [0.1, 0.15) is 10.6 Å². The van der Waals surface area contributed by atoms with Gasteiger partial charge in [0, 0.05) is 18.7 Å². The summed E-state index contributed by atoms with van der Waals surface area (Å²) < 4.78 is 68.7. The molecule has 2 aromatic carbocycles. The molecule has 0 saturated carbocycles. The van der Waals surface area contributed by atoms with Gasteiger partial charge in [0.05, 0.1) is 26.2 Å². The van der Waals surface area contributed by atoms with E-state index in [4.69, 9.17) is 9.47 Å². The summed E-state index contributed by atoms with van der Waals surface area (Å²) >= 11 is 0. The van der Waals surface area contributed by atoms with Gasteiger partial charge in [-0.15, -0.1) is 10.2 Å². The smallest absolute Gasteiger partial charge is 0.304 e. The number of aromatic nitrogens is 3. The molecule has 4 aromatic rings. The van der Waals surface area contributed by atoms with Crippen LogP contribution in [0.2, 0.25) is 0 Å². The zero-order valence-corrected chi connectivity index (χ0v) is 23.6. The quantitative estimate of drug-likeness (QED) is 0.335. The van der Waals surface area contributed by atoms with Crippen LogP contribution in [0.15, 0.2) is 59.6 Å². The summed E-state index contributed by atoms with van der Waals surface area (Å²) in [5.74, 6) is -1.92. The van der Waals surface area contributed by atoms with E-state index in [1.165, 1.54) is 21.0 Å². The second kappa shape index (κ2) is 10.4. The Balaban J connectivity index is 1.40. The number of para-hydroxylation sites is 1. The molecule has 1 unspecified atom stereocenters. The van der Waals surface area contributed by atoms with E-state index in [-0.39, 0.29) is 49.0 Å². The molecule has 0 bridgehead atoms. The van der Waals surface area contributed by atoms with E-state index in [0.717, 1.165) is 5.56 Å². The van der Waals surface area contributed by atoms with Gasteiger partial charge >= 0.3 is 5.97 Å². The molecule has 4 heterocycles. The van der Waals surface area contributed by atoms with Crippen molar-refractivity contribution in [2.45, 2.75) is 49.7 Å². The van der Waals surface area contributed by atoms with Gasteiger partial charge in [-0.3, -0.25) is 9.20 Å². The van der Waals surface area contributed by atoms with Crippen LogP contribution in [0.25, 0.3) is 5.65 Å². The van der Waals surface area contributed by atoms with Gasteiger partial charge < -0.3 is 14.6 Å². The number of alkyl halides is 2. The zero-order chi connectivity index (χ0) is 29.8. The second-order valence-electron chi connectivity index (χ2n) is 10.8. The minimum Gasteiger partial charge on any atom is -0.481 e. The monoisotopic (exact) mass is 598 g/mol. The first-order valence-corrected chi connectivity index (χ1v) is 14.7. The highest BCUT2D eigenvalue weighted by atomic mass is 32.2. The SMILES string of the molecule is Cc1ccc(C(CC(=O)O)c2ccn3c(C(F)F)nnc3c2C)cc1CN1CC2(COC2)Oc2ccccc2S1(=O)=O. The molecule has 2 aliphatic heterocycles. The molecule has 1 spiro atoms. The highest BCUT2D eigenvalue weighted by Gasteiger charge is 2.49. The van der Waals surface area contributed by atoms with E-state index in [0.29, 0.717) is 22.3 Å². The highest BCUT2D eigenvalue weighted by molar-refractivity contribution is 7.89. The summed E-state index contributed by atoms with van der Waals surface area (Å²) in [6.45, 7) is 4.18. The fourth-order valence-corrected chi connectivity index (χ4v) is 7.28. The van der Waals surface area contributed by atoms with E-state index in [1.807, 2.05) is 19.1 Å². The standard InChI is InChI=1S/C29H28F2N4O6S/c1-17-7-8-19(22(12-25(36)37)21-9-10-35-27(18(21)2)32-33-28(35)26(30)31)11-20(17)13-34-14-29(15-40-16-29)41-23-5-3-4-6-24(23)42(34,38)39/h3-11,22,26H,12-16H2,1-2H3,(H,36,37). The molecule has 1 fully saturated rings. The number of carbonyl (C=O) groups is 1. The number of rotatable bonds is 7. The summed E-state index contributed by atoms with van der Waals surface area (Å²) in [5.41, 5.74) is 2.70. The molecule has 0 amide bonds. The number of nitrogens with zero attached hydrogens (tertiary/aromatic N) is 4. The minimum atomic E-state index is -3.94. The van der Waals surface area contributed by atoms with E-state index >= 15 is 0 Å². The first-order chi connectivity index (χ1) is 20.0. The van der Waals surface area contributed by atoms with E-state index in [9.17, 15) is 27.1 Å². The van der Waals surface area contributed by atoms with E-state index < -0.39 is 39.8 Å². The van der Waals surface area contributed by atoms with Crippen LogP contribution in [0.3, 0.4) is 0 Å². The molecule has 42 heavy (non-hydrogen) atoms. The van der Waals surface area contributed by atoms with Crippen LogP contribution in [-0.4, -0.2) is 63.8 Å². The van der Waals surface area contributed by atoms with Crippen molar-refractivity contribution >= 4 is 21.6 Å². The van der Waals surface area contributed by atoms with Crippen molar-refractivity contribution in [2.24, 2.45) is 0 Å². The Labute approximate surface area is 240 Å². The Morgan fingerprint density at radius 2 is 1.88 bits per heavy atom. The number of sulfonamides is 1. The van der Waals surface area contributed by atoms with Crippen molar-refractivity contribution in [1.82, 2.24) is 18.9 Å². The molecule has 1 atom stereocenters. The van der Waals surface area contributed by atoms with Crippen LogP contribution >= 0.6 is 0 Å². The second-order valence-corrected chi connectivity index (χ2v) is 12.7. The molecule has 1 N–H and O–H groups in total. The number of benzene rings is 2. The third kappa shape index (κ3) is 4.80. The number of halogens is 2. The molecule has 2 aromatic heterocycles. The molecule has 2 aliphatic rings. The molecular formula is C29H28F2N4O6S. The Kier molecular flexibility index (Phi) is 6.98. The van der Waals surface area contributed by atoms with Gasteiger partial charge in [-0.1, -0.05) is 30.3 Å². The summed E-state index contributed by atoms with van der Waals surface area (Å²) in [4.78, 5) is 12.1. The lowest BCUT2D eigenvalue weighted by Crippen LogP contribution is -2.60. The van der Waals surface area contributed by atoms with Crippen LogP contribution in [-0.2, 0) is 26.1 Å². The summed E-state index contributed by atoms with van der Waals surface area (Å²) in [6.07, 6.45) is -1.68. The zero-order valence-electron chi connectivity index (χ0n) is 22.8. The molecule has 10 nitrogen and oxygen atoms in total. The maximum absolute atomic E-state index is 13.8. The average Bonchev–Trinajstić information content (AvgIpc) is 3.33. The fraction of sp³-hybridized carbons (Fsp3) is 0.345. The molecule has 6 rings (SSSR count). The van der Waals surface area contributed by atoms with Crippen LogP contribution in [0.1, 0.15) is 52.4 Å². The maximum Gasteiger partial charge on any atom is 0.304 e. The van der Waals surface area contributed by atoms with E-state index in [2.05, 4.69) is 10.2 Å². The Hall–Kier alpha value is -3.94. The van der Waals surface area contributed by atoms with Gasteiger partial charge in [-0.25, -0.2) is 17.2 Å². The average molecular weight is 599 g/mol. The minimum absolute atomic E-state index is 0.0290. The number of ether oxygens (including phenoxy) is 2. The summed E-state index contributed by atoms with van der Waals surface area (Å²) in [6, 6.07) is 13.6. The molecular weight excluding hydrogens is 570 g/mol. The normalized spacial score (nSPS) is 18.3. The van der Waals surface area contributed by atoms with Crippen LogP contribution < -0.4 is 4.74 Å². The first kappa shape index (κ1) is 28.2. The Morgan fingerprint density at radius 1 is 1.12 bits per heavy atom. The van der Waals surface area contributed by atoms with Crippen molar-refractivity contribution < 1.29 is 36.6 Å². The number of carboxylic acid groups (broad SMARTS) is 1. The number of hydrogen-bond donors (Lipinski definition) is 1. The third-order valence-electron chi connectivity index (χ3n) is 7.95. The van der Waals surface area contributed by atoms with Crippen LogP contribution in [0.4, 0.5) is 8.78 Å². The van der Waals surface area contributed by atoms with Crippen LogP contribution in [0.5, 0.6) is 5.75 Å². The fourth-order valence-electron chi connectivity index (χ4n) is 5.67. The lowest BCUT2D eigenvalue weighted by Gasteiger charge is -2.41. The number of pyridine rings is 1. The van der Waals surface area contributed by atoms with Gasteiger partial charge in [0.2, 0.25) is 15.8 Å². The van der Waals surface area contributed by atoms with Gasteiger partial charge in [0.15, 0.2) is 11.2 Å². The highest BCUT2D eigenvalue weighted by Crippen LogP contribution is 2.39. The van der Waals surface area contributed by atoms with Crippen molar-refractivity contribution in [3.05, 3.63) is 88.4 Å². The largest absolute Gasteiger partial charge is 0.481 e. The summed E-state index contributed by atoms with van der Waals surface area (Å²) in [5, 5.41) is 17.3. The first-order valence-electron chi connectivity index (χ1n) is 13.3. The molecule has 13 heteroatoms. The number of carboxylic acids is 1. The van der Waals surface area contributed by atoms with Crippen molar-refractivity contribution in [3.63, 3.8) is 0 Å². The number of aryl methyl sites for hydroxylation is 2. The van der Waals surface area contributed by atoms with Gasteiger partial charge in [-0.2, -0.15) is 4.31 Å². The van der Waals surface area contributed by atoms with Gasteiger partial charge in [0.25, 0.3) is 6.43 Å². The lowest BCUT2D eigenvalue weighted by atomic mass is 9.85. The van der Waals surface area contributed by atoms with Crippen molar-refractivity contribution in [1.29, 1.82) is 0 Å². The maximum atomic E-state index is 13.8. The van der Waals surface area contributed by atoms with Crippen LogP contribution in [0, 0.1) is 13.8 Å². The molecule has 0 radical (unpaired) electrons. The number of aliphatic carboxylic acids is 1. The Bertz CT molecular complexity index is 1810. The third-order valence-corrected chi connectivity index (χ3v) is 9.78. The van der Waals surface area contributed by atoms with Crippen molar-refractivity contribution in [2.75, 3.05) is 19.8 Å². The lowest BCUT2D eigenvalue weighted by molar-refractivity contribution is -0.165. The van der Waals surface area contributed by atoms with E-state index in [1.54, 1.807) is 37.3 Å².